The van der Waals surface area contributed by atoms with Crippen LogP contribution in [0.3, 0.4) is 0 Å². The van der Waals surface area contributed by atoms with Crippen LogP contribution in [-0.2, 0) is 17.3 Å². The van der Waals surface area contributed by atoms with Crippen molar-refractivity contribution in [1.29, 1.82) is 0 Å². The van der Waals surface area contributed by atoms with Crippen molar-refractivity contribution in [3.8, 4) is 0 Å². The normalized spacial score (nSPS) is 14.9. The summed E-state index contributed by atoms with van der Waals surface area (Å²) in [6.45, 7) is 2.84. The molecule has 2 unspecified atom stereocenters. The van der Waals surface area contributed by atoms with E-state index in [1.165, 1.54) is 0 Å². The maximum atomic E-state index is 11.1. The molecule has 0 spiro atoms. The van der Waals surface area contributed by atoms with E-state index in [9.17, 15) is 4.21 Å². The van der Waals surface area contributed by atoms with E-state index in [1.54, 1.807) is 6.26 Å². The van der Waals surface area contributed by atoms with E-state index in [1.807, 2.05) is 6.92 Å². The molecule has 0 saturated heterocycles. The number of nitrogens with one attached hydrogen (secondary N) is 1. The van der Waals surface area contributed by atoms with Crippen molar-refractivity contribution in [1.82, 2.24) is 10.2 Å². The molecule has 0 aliphatic rings. The Bertz CT molecular complexity index is 328. The number of nitrogens with zero attached hydrogens (tertiary/aromatic N) is 2. The van der Waals surface area contributed by atoms with Gasteiger partial charge in [-0.05, 0) is 6.42 Å². The van der Waals surface area contributed by atoms with Gasteiger partial charge in [-0.1, -0.05) is 12.0 Å². The van der Waals surface area contributed by atoms with Crippen LogP contribution < -0.4 is 11.1 Å². The summed E-state index contributed by atoms with van der Waals surface area (Å²) in [7, 11) is -0.791. The standard InChI is InChI=1S/C8H16N4O2S/c1-6(15(2)13)3-4-10-8-12-11-7(5-9)14-8/h6H,3-5,9H2,1-2H3,(H,10,12). The SMILES string of the molecule is CC(CCNc1nnc(CN)o1)S(C)=O. The van der Waals surface area contributed by atoms with Crippen molar-refractivity contribution in [3.05, 3.63) is 5.89 Å². The lowest BCUT2D eigenvalue weighted by molar-refractivity contribution is 0.506. The first-order valence-corrected chi connectivity index (χ1v) is 6.34. The van der Waals surface area contributed by atoms with Crippen LogP contribution in [0.1, 0.15) is 19.2 Å². The fourth-order valence-corrected chi connectivity index (χ4v) is 1.41. The third-order valence-electron chi connectivity index (χ3n) is 2.04. The molecule has 0 amide bonds. The van der Waals surface area contributed by atoms with Crippen molar-refractivity contribution in [3.63, 3.8) is 0 Å². The molecule has 0 aliphatic heterocycles. The topological polar surface area (TPSA) is 94.0 Å². The molecule has 2 atom stereocenters. The largest absolute Gasteiger partial charge is 0.407 e. The van der Waals surface area contributed by atoms with Crippen molar-refractivity contribution in [2.24, 2.45) is 5.73 Å². The quantitative estimate of drug-likeness (QED) is 0.722. The second-order valence-corrected chi connectivity index (χ2v) is 5.03. The number of hydrogen-bond donors (Lipinski definition) is 2. The second-order valence-electron chi connectivity index (χ2n) is 3.23. The molecule has 1 aromatic heterocycles. The molecular formula is C8H16N4O2S. The summed E-state index contributed by atoms with van der Waals surface area (Å²) in [5, 5.41) is 10.6. The Morgan fingerprint density at radius 2 is 2.33 bits per heavy atom. The van der Waals surface area contributed by atoms with Crippen molar-refractivity contribution >= 4 is 16.8 Å². The van der Waals surface area contributed by atoms with Crippen LogP contribution in [0.4, 0.5) is 6.01 Å². The highest BCUT2D eigenvalue weighted by molar-refractivity contribution is 7.84. The van der Waals surface area contributed by atoms with Gasteiger partial charge in [-0.15, -0.1) is 5.10 Å². The summed E-state index contributed by atoms with van der Waals surface area (Å²) in [4.78, 5) is 0. The highest BCUT2D eigenvalue weighted by Gasteiger charge is 2.07. The molecule has 15 heavy (non-hydrogen) atoms. The van der Waals surface area contributed by atoms with Gasteiger partial charge in [0, 0.05) is 28.9 Å². The van der Waals surface area contributed by atoms with Gasteiger partial charge < -0.3 is 15.5 Å². The van der Waals surface area contributed by atoms with Crippen molar-refractivity contribution in [2.45, 2.75) is 25.1 Å². The van der Waals surface area contributed by atoms with Gasteiger partial charge >= 0.3 is 6.01 Å². The molecule has 0 fully saturated rings. The average molecular weight is 232 g/mol. The van der Waals surface area contributed by atoms with Gasteiger partial charge in [0.15, 0.2) is 0 Å². The van der Waals surface area contributed by atoms with Crippen LogP contribution in [0.25, 0.3) is 0 Å². The number of hydrogen-bond acceptors (Lipinski definition) is 6. The molecule has 86 valence electrons. The lowest BCUT2D eigenvalue weighted by Crippen LogP contribution is -2.14. The molecule has 3 N–H and O–H groups in total. The van der Waals surface area contributed by atoms with E-state index < -0.39 is 10.8 Å². The molecule has 0 bridgehead atoms. The summed E-state index contributed by atoms with van der Waals surface area (Å²) in [5.74, 6) is 0.407. The Hall–Kier alpha value is -0.950. The van der Waals surface area contributed by atoms with Gasteiger partial charge in [0.1, 0.15) is 0 Å². The number of aromatic nitrogens is 2. The van der Waals surface area contributed by atoms with Crippen LogP contribution in [0.5, 0.6) is 0 Å². The molecule has 0 saturated carbocycles. The van der Waals surface area contributed by atoms with Crippen molar-refractivity contribution < 1.29 is 8.63 Å². The van der Waals surface area contributed by atoms with E-state index in [4.69, 9.17) is 10.2 Å². The second kappa shape index (κ2) is 5.82. The maximum absolute atomic E-state index is 11.1. The minimum absolute atomic E-state index is 0.161. The lowest BCUT2D eigenvalue weighted by atomic mass is 10.3. The predicted molar refractivity (Wildman–Crippen MR) is 58.8 cm³/mol. The molecule has 1 rings (SSSR count). The van der Waals surface area contributed by atoms with Crippen LogP contribution in [-0.4, -0.2) is 32.5 Å². The van der Waals surface area contributed by atoms with Crippen LogP contribution in [0, 0.1) is 0 Å². The molecule has 0 radical (unpaired) electrons. The predicted octanol–water partition coefficient (Wildman–Crippen LogP) is 0.0973. The Morgan fingerprint density at radius 3 is 2.87 bits per heavy atom. The average Bonchev–Trinajstić information content (AvgIpc) is 2.65. The molecule has 0 aliphatic carbocycles. The summed E-state index contributed by atoms with van der Waals surface area (Å²) in [6.07, 6.45) is 2.49. The van der Waals surface area contributed by atoms with E-state index in [-0.39, 0.29) is 11.8 Å². The van der Waals surface area contributed by atoms with Gasteiger partial charge in [-0.25, -0.2) is 0 Å². The molecule has 7 heteroatoms. The molecule has 1 aromatic rings. The summed E-state index contributed by atoms with van der Waals surface area (Å²) >= 11 is 0. The van der Waals surface area contributed by atoms with Gasteiger partial charge in [0.25, 0.3) is 0 Å². The van der Waals surface area contributed by atoms with Crippen LogP contribution in [0.2, 0.25) is 0 Å². The third-order valence-corrected chi connectivity index (χ3v) is 3.40. The van der Waals surface area contributed by atoms with E-state index in [2.05, 4.69) is 15.5 Å². The molecule has 0 aromatic carbocycles. The smallest absolute Gasteiger partial charge is 0.315 e. The van der Waals surface area contributed by atoms with E-state index >= 15 is 0 Å². The number of anilines is 1. The first-order chi connectivity index (χ1) is 7.13. The maximum Gasteiger partial charge on any atom is 0.315 e. The van der Waals surface area contributed by atoms with E-state index in [0.717, 1.165) is 6.42 Å². The first kappa shape index (κ1) is 12.1. The zero-order valence-electron chi connectivity index (χ0n) is 8.90. The Kier molecular flexibility index (Phi) is 4.70. The highest BCUT2D eigenvalue weighted by Crippen LogP contribution is 2.05. The lowest BCUT2D eigenvalue weighted by Gasteiger charge is -2.07. The number of rotatable bonds is 6. The van der Waals surface area contributed by atoms with Gasteiger partial charge in [-0.3, -0.25) is 4.21 Å². The zero-order valence-corrected chi connectivity index (χ0v) is 9.71. The Morgan fingerprint density at radius 1 is 1.60 bits per heavy atom. The van der Waals surface area contributed by atoms with Crippen LogP contribution in [0.15, 0.2) is 4.42 Å². The Balaban J connectivity index is 2.28. The molecule has 6 nitrogen and oxygen atoms in total. The van der Waals surface area contributed by atoms with Gasteiger partial charge in [0.2, 0.25) is 5.89 Å². The van der Waals surface area contributed by atoms with Gasteiger partial charge in [0.05, 0.1) is 6.54 Å². The van der Waals surface area contributed by atoms with E-state index in [0.29, 0.717) is 18.5 Å². The summed E-state index contributed by atoms with van der Waals surface area (Å²) < 4.78 is 16.2. The molecular weight excluding hydrogens is 216 g/mol. The first-order valence-electron chi connectivity index (χ1n) is 4.72. The minimum atomic E-state index is -0.791. The fraction of sp³-hybridized carbons (Fsp3) is 0.750. The Labute approximate surface area is 91.1 Å². The number of nitrogens with two attached hydrogens (primary N) is 1. The minimum Gasteiger partial charge on any atom is -0.407 e. The van der Waals surface area contributed by atoms with Gasteiger partial charge in [-0.2, -0.15) is 0 Å². The van der Waals surface area contributed by atoms with Crippen molar-refractivity contribution in [2.75, 3.05) is 18.1 Å². The van der Waals surface area contributed by atoms with Crippen LogP contribution >= 0.6 is 0 Å². The monoisotopic (exact) mass is 232 g/mol. The third kappa shape index (κ3) is 3.96. The summed E-state index contributed by atoms with van der Waals surface area (Å²) in [6, 6.07) is 0.365. The highest BCUT2D eigenvalue weighted by atomic mass is 32.2. The zero-order chi connectivity index (χ0) is 11.3. The summed E-state index contributed by atoms with van der Waals surface area (Å²) in [5.41, 5.74) is 5.32. The fourth-order valence-electron chi connectivity index (χ4n) is 0.956. The molecule has 1 heterocycles.